The van der Waals surface area contributed by atoms with E-state index < -0.39 is 0 Å². The third kappa shape index (κ3) is 4.80. The zero-order valence-corrected chi connectivity index (χ0v) is 19.1. The van der Waals surface area contributed by atoms with E-state index >= 15 is 0 Å². The number of thiazole rings is 1. The third-order valence-corrected chi connectivity index (χ3v) is 6.70. The smallest absolute Gasteiger partial charge is 0.226 e. The van der Waals surface area contributed by atoms with E-state index in [9.17, 15) is 4.79 Å². The minimum Gasteiger partial charge on any atom is -0.497 e. The number of amides is 1. The first-order valence-electron chi connectivity index (χ1n) is 10.9. The van der Waals surface area contributed by atoms with Crippen molar-refractivity contribution in [2.75, 3.05) is 38.2 Å². The van der Waals surface area contributed by atoms with E-state index in [1.807, 2.05) is 41.3 Å². The molecule has 0 aliphatic carbocycles. The van der Waals surface area contributed by atoms with Crippen LogP contribution in [0.4, 0.5) is 5.13 Å². The van der Waals surface area contributed by atoms with E-state index in [1.54, 1.807) is 24.6 Å². The minimum atomic E-state index is 0.163. The summed E-state index contributed by atoms with van der Waals surface area (Å²) in [7, 11) is 1.63. The highest BCUT2D eigenvalue weighted by Crippen LogP contribution is 2.27. The van der Waals surface area contributed by atoms with Gasteiger partial charge in [0.1, 0.15) is 16.1 Å². The van der Waals surface area contributed by atoms with Crippen LogP contribution in [0, 0.1) is 0 Å². The molecular formula is C23H24N6O3S. The first-order chi connectivity index (χ1) is 16.2. The monoisotopic (exact) mass is 464 g/mol. The van der Waals surface area contributed by atoms with Crippen LogP contribution in [0.3, 0.4) is 0 Å². The summed E-state index contributed by atoms with van der Waals surface area (Å²) in [6, 6.07) is 11.4. The molecule has 1 fully saturated rings. The normalized spacial score (nSPS) is 14.1. The molecule has 1 saturated heterocycles. The average molecular weight is 465 g/mol. The first kappa shape index (κ1) is 21.3. The molecule has 0 bridgehead atoms. The maximum Gasteiger partial charge on any atom is 0.226 e. The van der Waals surface area contributed by atoms with Gasteiger partial charge in [0, 0.05) is 50.8 Å². The second-order valence-electron chi connectivity index (χ2n) is 7.79. The number of ether oxygens (including phenoxy) is 1. The van der Waals surface area contributed by atoms with Crippen LogP contribution in [0.25, 0.3) is 21.7 Å². The van der Waals surface area contributed by atoms with Crippen molar-refractivity contribution in [1.82, 2.24) is 25.0 Å². The molecule has 1 aliphatic rings. The van der Waals surface area contributed by atoms with Crippen LogP contribution in [0.5, 0.6) is 5.75 Å². The minimum absolute atomic E-state index is 0.163. The number of rotatable bonds is 7. The SMILES string of the molecule is COc1ccc(-c2noc(CCCC(=O)N3CCN(c4nc5cccnc5s4)CC3)n2)cc1. The lowest BCUT2D eigenvalue weighted by atomic mass is 10.2. The van der Waals surface area contributed by atoms with Gasteiger partial charge in [0.05, 0.1) is 7.11 Å². The number of fused-ring (bicyclic) bond motifs is 1. The Morgan fingerprint density at radius 3 is 2.70 bits per heavy atom. The van der Waals surface area contributed by atoms with Gasteiger partial charge in [0.25, 0.3) is 0 Å². The van der Waals surface area contributed by atoms with E-state index in [1.165, 1.54) is 0 Å². The molecule has 0 N–H and O–H groups in total. The number of benzene rings is 1. The predicted octanol–water partition coefficient (Wildman–Crippen LogP) is 3.42. The number of anilines is 1. The zero-order chi connectivity index (χ0) is 22.6. The second kappa shape index (κ2) is 9.53. The Bertz CT molecular complexity index is 1200. The summed E-state index contributed by atoms with van der Waals surface area (Å²) in [5, 5.41) is 5.02. The molecule has 5 rings (SSSR count). The number of aromatic nitrogens is 4. The Hall–Kier alpha value is -3.53. The zero-order valence-electron chi connectivity index (χ0n) is 18.3. The summed E-state index contributed by atoms with van der Waals surface area (Å²) in [5.74, 6) is 2.03. The molecule has 0 unspecified atom stereocenters. The molecule has 4 aromatic rings. The van der Waals surface area contributed by atoms with Gasteiger partial charge >= 0.3 is 0 Å². The van der Waals surface area contributed by atoms with E-state index in [4.69, 9.17) is 9.26 Å². The van der Waals surface area contributed by atoms with Gasteiger partial charge in [-0.15, -0.1) is 0 Å². The van der Waals surface area contributed by atoms with Gasteiger partial charge in [-0.1, -0.05) is 16.5 Å². The number of carbonyl (C=O) groups is 1. The van der Waals surface area contributed by atoms with Gasteiger partial charge < -0.3 is 19.1 Å². The van der Waals surface area contributed by atoms with Gasteiger partial charge in [-0.3, -0.25) is 4.79 Å². The molecular weight excluding hydrogens is 440 g/mol. The Labute approximate surface area is 195 Å². The van der Waals surface area contributed by atoms with Crippen molar-refractivity contribution in [3.05, 3.63) is 48.5 Å². The summed E-state index contributed by atoms with van der Waals surface area (Å²) in [6.45, 7) is 2.95. The lowest BCUT2D eigenvalue weighted by Gasteiger charge is -2.34. The number of hydrogen-bond acceptors (Lipinski definition) is 9. The summed E-state index contributed by atoms with van der Waals surface area (Å²) in [5.41, 5.74) is 1.79. The molecule has 9 nitrogen and oxygen atoms in total. The molecule has 3 aromatic heterocycles. The van der Waals surface area contributed by atoms with Gasteiger partial charge in [-0.25, -0.2) is 9.97 Å². The molecule has 1 amide bonds. The topological polar surface area (TPSA) is 97.5 Å². The molecule has 10 heteroatoms. The van der Waals surface area contributed by atoms with Crippen LogP contribution >= 0.6 is 11.3 Å². The number of pyridine rings is 1. The molecule has 170 valence electrons. The largest absolute Gasteiger partial charge is 0.497 e. The highest BCUT2D eigenvalue weighted by atomic mass is 32.1. The second-order valence-corrected chi connectivity index (χ2v) is 8.74. The number of nitrogens with zero attached hydrogens (tertiary/aromatic N) is 6. The molecule has 0 saturated carbocycles. The van der Waals surface area contributed by atoms with E-state index in [0.717, 1.165) is 39.9 Å². The molecule has 0 atom stereocenters. The van der Waals surface area contributed by atoms with Crippen molar-refractivity contribution >= 4 is 32.7 Å². The van der Waals surface area contributed by atoms with E-state index in [2.05, 4.69) is 25.0 Å². The highest BCUT2D eigenvalue weighted by Gasteiger charge is 2.23. The molecule has 33 heavy (non-hydrogen) atoms. The Kier molecular flexibility index (Phi) is 6.16. The fourth-order valence-corrected chi connectivity index (χ4v) is 4.76. The maximum absolute atomic E-state index is 12.7. The van der Waals surface area contributed by atoms with Crippen molar-refractivity contribution in [3.8, 4) is 17.1 Å². The van der Waals surface area contributed by atoms with Gasteiger partial charge in [-0.2, -0.15) is 4.98 Å². The fourth-order valence-electron chi connectivity index (χ4n) is 3.80. The van der Waals surface area contributed by atoms with Crippen LogP contribution in [0.15, 0.2) is 47.1 Å². The number of methoxy groups -OCH3 is 1. The van der Waals surface area contributed by atoms with Crippen LogP contribution in [0.2, 0.25) is 0 Å². The molecule has 1 aromatic carbocycles. The predicted molar refractivity (Wildman–Crippen MR) is 125 cm³/mol. The number of piperazine rings is 1. The van der Waals surface area contributed by atoms with Crippen LogP contribution in [-0.2, 0) is 11.2 Å². The highest BCUT2D eigenvalue weighted by molar-refractivity contribution is 7.21. The number of hydrogen-bond donors (Lipinski definition) is 0. The molecule has 4 heterocycles. The lowest BCUT2D eigenvalue weighted by molar-refractivity contribution is -0.131. The Balaban J connectivity index is 1.08. The summed E-state index contributed by atoms with van der Waals surface area (Å²) >= 11 is 1.60. The van der Waals surface area contributed by atoms with Crippen LogP contribution < -0.4 is 9.64 Å². The standard InChI is InChI=1S/C23H24N6O3S/c1-31-17-9-7-16(8-10-17)21-26-19(32-27-21)5-2-6-20(30)28-12-14-29(15-13-28)23-25-18-4-3-11-24-22(18)33-23/h3-4,7-11H,2,5-6,12-15H2,1H3. The number of aryl methyl sites for hydroxylation is 1. The summed E-state index contributed by atoms with van der Waals surface area (Å²) < 4.78 is 10.5. The van der Waals surface area contributed by atoms with Crippen molar-refractivity contribution in [2.24, 2.45) is 0 Å². The Morgan fingerprint density at radius 2 is 1.94 bits per heavy atom. The maximum atomic E-state index is 12.7. The van der Waals surface area contributed by atoms with Gasteiger partial charge in [0.15, 0.2) is 5.13 Å². The van der Waals surface area contributed by atoms with Crippen LogP contribution in [-0.4, -0.2) is 64.2 Å². The first-order valence-corrected chi connectivity index (χ1v) is 11.7. The van der Waals surface area contributed by atoms with Crippen molar-refractivity contribution in [2.45, 2.75) is 19.3 Å². The van der Waals surface area contributed by atoms with Gasteiger partial charge in [-0.05, 0) is 42.8 Å². The van der Waals surface area contributed by atoms with E-state index in [0.29, 0.717) is 44.1 Å². The summed E-state index contributed by atoms with van der Waals surface area (Å²) in [6.07, 6.45) is 3.50. The van der Waals surface area contributed by atoms with Crippen molar-refractivity contribution in [1.29, 1.82) is 0 Å². The van der Waals surface area contributed by atoms with Gasteiger partial charge in [0.2, 0.25) is 17.6 Å². The van der Waals surface area contributed by atoms with Crippen LogP contribution in [0.1, 0.15) is 18.7 Å². The number of carbonyl (C=O) groups excluding carboxylic acids is 1. The molecule has 0 spiro atoms. The van der Waals surface area contributed by atoms with Crippen molar-refractivity contribution < 1.29 is 14.1 Å². The fraction of sp³-hybridized carbons (Fsp3) is 0.348. The summed E-state index contributed by atoms with van der Waals surface area (Å²) in [4.78, 5) is 31.3. The average Bonchev–Trinajstić information content (AvgIpc) is 3.51. The molecule has 0 radical (unpaired) electrons. The third-order valence-electron chi connectivity index (χ3n) is 5.66. The Morgan fingerprint density at radius 1 is 1.12 bits per heavy atom. The lowest BCUT2D eigenvalue weighted by Crippen LogP contribution is -2.48. The quantitative estimate of drug-likeness (QED) is 0.410. The van der Waals surface area contributed by atoms with Crippen molar-refractivity contribution in [3.63, 3.8) is 0 Å². The van der Waals surface area contributed by atoms with E-state index in [-0.39, 0.29) is 5.91 Å². The molecule has 1 aliphatic heterocycles.